The third kappa shape index (κ3) is 5.36. The zero-order valence-corrected chi connectivity index (χ0v) is 14.6. The van der Waals surface area contributed by atoms with Crippen LogP contribution in [0.4, 0.5) is 18.0 Å². The van der Waals surface area contributed by atoms with E-state index in [9.17, 15) is 23.1 Å². The van der Waals surface area contributed by atoms with Crippen molar-refractivity contribution in [3.8, 4) is 0 Å². The molecule has 25 heavy (non-hydrogen) atoms. The number of halogens is 3. The molecule has 1 aliphatic carbocycles. The highest BCUT2D eigenvalue weighted by atomic mass is 19.4. The highest BCUT2D eigenvalue weighted by Gasteiger charge is 2.39. The van der Waals surface area contributed by atoms with Crippen LogP contribution >= 0.6 is 0 Å². The number of ether oxygens (including phenoxy) is 1. The summed E-state index contributed by atoms with van der Waals surface area (Å²) in [6, 6.07) is 4.39. The lowest BCUT2D eigenvalue weighted by Gasteiger charge is -2.38. The first kappa shape index (κ1) is 19.6. The minimum absolute atomic E-state index is 0.146. The second-order valence-electron chi connectivity index (χ2n) is 7.55. The summed E-state index contributed by atoms with van der Waals surface area (Å²) < 4.78 is 43.9. The monoisotopic (exact) mass is 359 g/mol. The summed E-state index contributed by atoms with van der Waals surface area (Å²) in [6.45, 7) is 5.23. The van der Waals surface area contributed by atoms with Gasteiger partial charge in [-0.15, -0.1) is 0 Å². The fourth-order valence-corrected chi connectivity index (χ4v) is 3.10. The molecule has 0 saturated heterocycles. The number of alkyl halides is 3. The SMILES string of the molecule is CC(C)(C)OC(=O)NC1CCC[C@](O)(c2cccc(C(F)(F)F)c2)C1. The predicted octanol–water partition coefficient (Wildman–Crippen LogP) is 4.36. The first-order chi connectivity index (χ1) is 11.4. The van der Waals surface area contributed by atoms with Crippen LogP contribution in [0.2, 0.25) is 0 Å². The van der Waals surface area contributed by atoms with E-state index in [0.29, 0.717) is 19.3 Å². The maximum Gasteiger partial charge on any atom is 0.416 e. The van der Waals surface area contributed by atoms with Gasteiger partial charge in [0.05, 0.1) is 11.2 Å². The molecule has 1 amide bonds. The molecule has 1 fully saturated rings. The molecule has 2 rings (SSSR count). The first-order valence-electron chi connectivity index (χ1n) is 8.29. The van der Waals surface area contributed by atoms with Gasteiger partial charge in [0, 0.05) is 12.5 Å². The summed E-state index contributed by atoms with van der Waals surface area (Å²) in [5.74, 6) is 0. The van der Waals surface area contributed by atoms with Crippen LogP contribution in [-0.4, -0.2) is 22.8 Å². The fraction of sp³-hybridized carbons (Fsp3) is 0.611. The van der Waals surface area contributed by atoms with Crippen molar-refractivity contribution in [3.63, 3.8) is 0 Å². The molecule has 0 bridgehead atoms. The van der Waals surface area contributed by atoms with Gasteiger partial charge in [0.25, 0.3) is 0 Å². The van der Waals surface area contributed by atoms with E-state index < -0.39 is 29.0 Å². The molecule has 2 atom stereocenters. The van der Waals surface area contributed by atoms with Gasteiger partial charge in [-0.2, -0.15) is 13.2 Å². The van der Waals surface area contributed by atoms with Gasteiger partial charge in [0.15, 0.2) is 0 Å². The summed E-state index contributed by atoms with van der Waals surface area (Å²) in [5.41, 5.74) is -2.62. The molecule has 4 nitrogen and oxygen atoms in total. The zero-order valence-electron chi connectivity index (χ0n) is 14.6. The van der Waals surface area contributed by atoms with E-state index >= 15 is 0 Å². The number of carbonyl (C=O) groups is 1. The Balaban J connectivity index is 2.12. The van der Waals surface area contributed by atoms with Gasteiger partial charge in [-0.1, -0.05) is 12.1 Å². The molecule has 1 aromatic rings. The number of benzene rings is 1. The second-order valence-corrected chi connectivity index (χ2v) is 7.55. The topological polar surface area (TPSA) is 58.6 Å². The molecule has 2 N–H and O–H groups in total. The van der Waals surface area contributed by atoms with Gasteiger partial charge in [0.1, 0.15) is 5.60 Å². The van der Waals surface area contributed by atoms with Gasteiger partial charge < -0.3 is 15.2 Å². The number of amides is 1. The molecule has 0 spiro atoms. The van der Waals surface area contributed by atoms with Crippen LogP contribution in [0.15, 0.2) is 24.3 Å². The number of nitrogens with one attached hydrogen (secondary N) is 1. The van der Waals surface area contributed by atoms with Crippen LogP contribution in [0.5, 0.6) is 0 Å². The van der Waals surface area contributed by atoms with Gasteiger partial charge in [-0.25, -0.2) is 4.79 Å². The summed E-state index contributed by atoms with van der Waals surface area (Å²) in [6.07, 6.45) is -3.33. The van der Waals surface area contributed by atoms with Crippen LogP contribution in [0.3, 0.4) is 0 Å². The smallest absolute Gasteiger partial charge is 0.416 e. The van der Waals surface area contributed by atoms with Crippen LogP contribution in [-0.2, 0) is 16.5 Å². The number of hydrogen-bond acceptors (Lipinski definition) is 3. The number of carbonyl (C=O) groups excluding carboxylic acids is 1. The van der Waals surface area contributed by atoms with Crippen molar-refractivity contribution in [2.75, 3.05) is 0 Å². The summed E-state index contributed by atoms with van der Waals surface area (Å²) in [7, 11) is 0. The summed E-state index contributed by atoms with van der Waals surface area (Å²) >= 11 is 0. The molecule has 140 valence electrons. The van der Waals surface area contributed by atoms with Crippen molar-refractivity contribution < 1.29 is 27.8 Å². The van der Waals surface area contributed by atoms with E-state index in [1.54, 1.807) is 20.8 Å². The van der Waals surface area contributed by atoms with Gasteiger partial charge in [-0.3, -0.25) is 0 Å². The van der Waals surface area contributed by atoms with E-state index in [2.05, 4.69) is 5.32 Å². The van der Waals surface area contributed by atoms with Crippen LogP contribution in [0.1, 0.15) is 57.6 Å². The van der Waals surface area contributed by atoms with Gasteiger partial charge in [-0.05, 0) is 57.7 Å². The summed E-state index contributed by atoms with van der Waals surface area (Å²) in [5, 5.41) is 13.6. The molecule has 1 aliphatic rings. The largest absolute Gasteiger partial charge is 0.444 e. The van der Waals surface area contributed by atoms with E-state index in [1.807, 2.05) is 0 Å². The third-order valence-corrected chi connectivity index (χ3v) is 4.18. The molecular weight excluding hydrogens is 335 g/mol. The molecule has 0 aliphatic heterocycles. The Morgan fingerprint density at radius 3 is 2.60 bits per heavy atom. The lowest BCUT2D eigenvalue weighted by molar-refractivity contribution is -0.137. The first-order valence-corrected chi connectivity index (χ1v) is 8.29. The Morgan fingerprint density at radius 1 is 1.32 bits per heavy atom. The van der Waals surface area contributed by atoms with Crippen molar-refractivity contribution >= 4 is 6.09 Å². The number of hydrogen-bond donors (Lipinski definition) is 2. The molecule has 0 heterocycles. The second kappa shape index (κ2) is 6.86. The average molecular weight is 359 g/mol. The maximum atomic E-state index is 12.9. The van der Waals surface area contributed by atoms with E-state index in [1.165, 1.54) is 12.1 Å². The lowest BCUT2D eigenvalue weighted by atomic mass is 9.77. The Kier molecular flexibility index (Phi) is 5.37. The predicted molar refractivity (Wildman–Crippen MR) is 87.0 cm³/mol. The van der Waals surface area contributed by atoms with Gasteiger partial charge in [0.2, 0.25) is 0 Å². The van der Waals surface area contributed by atoms with Crippen LogP contribution < -0.4 is 5.32 Å². The third-order valence-electron chi connectivity index (χ3n) is 4.18. The van der Waals surface area contributed by atoms with Crippen LogP contribution in [0, 0.1) is 0 Å². The molecule has 1 saturated carbocycles. The van der Waals surface area contributed by atoms with Crippen molar-refractivity contribution in [2.24, 2.45) is 0 Å². The molecule has 7 heteroatoms. The standard InChI is InChI=1S/C18H24F3NO3/c1-16(2,3)25-15(23)22-14-8-5-9-17(24,11-14)12-6-4-7-13(10-12)18(19,20)21/h4,6-7,10,14,24H,5,8-9,11H2,1-3H3,(H,22,23)/t14?,17-/m1/s1. The lowest BCUT2D eigenvalue weighted by Crippen LogP contribution is -2.45. The van der Waals surface area contributed by atoms with E-state index in [-0.39, 0.29) is 18.0 Å². The molecule has 1 aromatic carbocycles. The minimum Gasteiger partial charge on any atom is -0.444 e. The molecule has 0 radical (unpaired) electrons. The highest BCUT2D eigenvalue weighted by molar-refractivity contribution is 5.68. The molecule has 0 aromatic heterocycles. The Labute approximate surface area is 145 Å². The quantitative estimate of drug-likeness (QED) is 0.825. The Hall–Kier alpha value is -1.76. The van der Waals surface area contributed by atoms with Crippen molar-refractivity contribution in [3.05, 3.63) is 35.4 Å². The average Bonchev–Trinajstić information content (AvgIpc) is 2.44. The normalized spacial score (nSPS) is 24.7. The highest BCUT2D eigenvalue weighted by Crippen LogP contribution is 2.39. The van der Waals surface area contributed by atoms with Gasteiger partial charge >= 0.3 is 12.3 Å². The van der Waals surface area contributed by atoms with Crippen LogP contribution in [0.25, 0.3) is 0 Å². The summed E-state index contributed by atoms with van der Waals surface area (Å²) in [4.78, 5) is 11.9. The number of alkyl carbamates (subject to hydrolysis) is 1. The molecule has 1 unspecified atom stereocenters. The Morgan fingerprint density at radius 2 is 2.00 bits per heavy atom. The van der Waals surface area contributed by atoms with Crippen molar-refractivity contribution in [1.82, 2.24) is 5.32 Å². The zero-order chi connectivity index (χ0) is 18.9. The maximum absolute atomic E-state index is 12.9. The fourth-order valence-electron chi connectivity index (χ4n) is 3.10. The van der Waals surface area contributed by atoms with E-state index in [0.717, 1.165) is 12.1 Å². The number of rotatable bonds is 2. The number of aliphatic hydroxyl groups is 1. The Bertz CT molecular complexity index is 625. The minimum atomic E-state index is -4.46. The van der Waals surface area contributed by atoms with Crippen molar-refractivity contribution in [2.45, 2.75) is 69.9 Å². The van der Waals surface area contributed by atoms with E-state index in [4.69, 9.17) is 4.74 Å². The van der Waals surface area contributed by atoms with Crippen molar-refractivity contribution in [1.29, 1.82) is 0 Å². The molecular formula is C18H24F3NO3.